The molecule has 1 atom stereocenters. The lowest BCUT2D eigenvalue weighted by atomic mass is 10.2. The predicted molar refractivity (Wildman–Crippen MR) is 100 cm³/mol. The van der Waals surface area contributed by atoms with Crippen molar-refractivity contribution >= 4 is 0 Å². The Balaban J connectivity index is 1.81. The zero-order valence-electron chi connectivity index (χ0n) is 16.1. The predicted octanol–water partition coefficient (Wildman–Crippen LogP) is 1.13. The highest BCUT2D eigenvalue weighted by atomic mass is 16.5. The lowest BCUT2D eigenvalue weighted by molar-refractivity contribution is 0.0464. The molecule has 1 aromatic rings. The first-order valence-electron chi connectivity index (χ1n) is 9.09. The maximum Gasteiger partial charge on any atom is 0.161 e. The molecule has 1 fully saturated rings. The minimum absolute atomic E-state index is 0.275. The fraction of sp³-hybridized carbons (Fsp3) is 0.684. The number of piperazine rings is 1. The van der Waals surface area contributed by atoms with Crippen LogP contribution in [0.2, 0.25) is 0 Å². The summed E-state index contributed by atoms with van der Waals surface area (Å²) in [6, 6.07) is 5.95. The SMILES string of the molecule is CCN1CCN(C[C@H](O)COc2ccc(CN(C)C)cc2OC)CC1. The van der Waals surface area contributed by atoms with Crippen LogP contribution in [0.4, 0.5) is 0 Å². The number of likely N-dealkylation sites (N-methyl/N-ethyl adjacent to an activating group) is 1. The van der Waals surface area contributed by atoms with Gasteiger partial charge in [-0.05, 0) is 38.3 Å². The standard InChI is InChI=1S/C19H33N3O3/c1-5-21-8-10-22(11-9-21)14-17(23)15-25-18-7-6-16(13-20(2)3)12-19(18)24-4/h6-7,12,17,23H,5,8-11,13-15H2,1-4H3/t17-/m0/s1. The molecule has 6 nitrogen and oxygen atoms in total. The van der Waals surface area contributed by atoms with Gasteiger partial charge in [0.1, 0.15) is 12.7 Å². The van der Waals surface area contributed by atoms with Crippen LogP contribution in [0.1, 0.15) is 12.5 Å². The van der Waals surface area contributed by atoms with Crippen molar-refractivity contribution in [1.82, 2.24) is 14.7 Å². The Morgan fingerprint density at radius 3 is 2.40 bits per heavy atom. The van der Waals surface area contributed by atoms with Gasteiger partial charge >= 0.3 is 0 Å². The van der Waals surface area contributed by atoms with Gasteiger partial charge in [0.05, 0.1) is 7.11 Å². The highest BCUT2D eigenvalue weighted by Gasteiger charge is 2.19. The van der Waals surface area contributed by atoms with Crippen molar-refractivity contribution in [2.75, 3.05) is 67.1 Å². The topological polar surface area (TPSA) is 48.4 Å². The van der Waals surface area contributed by atoms with E-state index in [1.54, 1.807) is 7.11 Å². The molecule has 6 heteroatoms. The van der Waals surface area contributed by atoms with Gasteiger partial charge in [-0.2, -0.15) is 0 Å². The largest absolute Gasteiger partial charge is 0.493 e. The number of aliphatic hydroxyl groups is 1. The number of benzene rings is 1. The molecule has 1 aromatic carbocycles. The third-order valence-electron chi connectivity index (χ3n) is 4.54. The molecule has 2 rings (SSSR count). The van der Waals surface area contributed by atoms with Crippen molar-refractivity contribution in [2.24, 2.45) is 0 Å². The quantitative estimate of drug-likeness (QED) is 0.720. The zero-order chi connectivity index (χ0) is 18.2. The summed E-state index contributed by atoms with van der Waals surface area (Å²) >= 11 is 0. The van der Waals surface area contributed by atoms with E-state index in [-0.39, 0.29) is 6.61 Å². The summed E-state index contributed by atoms with van der Waals surface area (Å²) in [7, 11) is 5.71. The van der Waals surface area contributed by atoms with Crippen molar-refractivity contribution in [3.8, 4) is 11.5 Å². The second-order valence-electron chi connectivity index (χ2n) is 6.92. The molecular formula is C19H33N3O3. The summed E-state index contributed by atoms with van der Waals surface area (Å²) in [5.74, 6) is 1.39. The lowest BCUT2D eigenvalue weighted by Crippen LogP contribution is -2.49. The van der Waals surface area contributed by atoms with Gasteiger partial charge in [-0.15, -0.1) is 0 Å². The van der Waals surface area contributed by atoms with E-state index in [0.717, 1.165) is 39.3 Å². The molecule has 0 radical (unpaired) electrons. The van der Waals surface area contributed by atoms with Crippen LogP contribution in [0.5, 0.6) is 11.5 Å². The van der Waals surface area contributed by atoms with Crippen molar-refractivity contribution in [2.45, 2.75) is 19.6 Å². The molecule has 0 aliphatic carbocycles. The molecule has 1 aliphatic rings. The average molecular weight is 351 g/mol. The van der Waals surface area contributed by atoms with Crippen molar-refractivity contribution in [1.29, 1.82) is 0 Å². The van der Waals surface area contributed by atoms with E-state index < -0.39 is 6.10 Å². The van der Waals surface area contributed by atoms with Crippen LogP contribution in [-0.4, -0.2) is 93.0 Å². The summed E-state index contributed by atoms with van der Waals surface area (Å²) < 4.78 is 11.2. The molecule has 0 saturated carbocycles. The normalized spacial score (nSPS) is 17.7. The maximum atomic E-state index is 10.3. The molecule has 142 valence electrons. The van der Waals surface area contributed by atoms with E-state index in [2.05, 4.69) is 21.6 Å². The van der Waals surface area contributed by atoms with Gasteiger partial charge in [0, 0.05) is 39.3 Å². The first kappa shape index (κ1) is 20.0. The summed E-state index contributed by atoms with van der Waals surface area (Å²) in [5.41, 5.74) is 1.17. The number of nitrogens with zero attached hydrogens (tertiary/aromatic N) is 3. The van der Waals surface area contributed by atoms with Gasteiger partial charge in [0.25, 0.3) is 0 Å². The molecule has 1 N–H and O–H groups in total. The minimum Gasteiger partial charge on any atom is -0.493 e. The van der Waals surface area contributed by atoms with Crippen LogP contribution in [-0.2, 0) is 6.54 Å². The van der Waals surface area contributed by atoms with E-state index in [4.69, 9.17) is 9.47 Å². The van der Waals surface area contributed by atoms with E-state index in [9.17, 15) is 5.11 Å². The Bertz CT molecular complexity index is 517. The Kier molecular flexibility index (Phi) is 7.96. The van der Waals surface area contributed by atoms with Gasteiger partial charge in [-0.1, -0.05) is 13.0 Å². The first-order chi connectivity index (χ1) is 12.0. The minimum atomic E-state index is -0.501. The van der Waals surface area contributed by atoms with Crippen LogP contribution < -0.4 is 9.47 Å². The maximum absolute atomic E-state index is 10.3. The van der Waals surface area contributed by atoms with E-state index >= 15 is 0 Å². The van der Waals surface area contributed by atoms with Gasteiger partial charge in [0.15, 0.2) is 11.5 Å². The fourth-order valence-corrected chi connectivity index (χ4v) is 3.12. The molecule has 1 aliphatic heterocycles. The van der Waals surface area contributed by atoms with Gasteiger partial charge in [0.2, 0.25) is 0 Å². The second kappa shape index (κ2) is 9.97. The smallest absolute Gasteiger partial charge is 0.161 e. The second-order valence-corrected chi connectivity index (χ2v) is 6.92. The third kappa shape index (κ3) is 6.47. The van der Waals surface area contributed by atoms with Crippen LogP contribution in [0.3, 0.4) is 0 Å². The monoisotopic (exact) mass is 351 g/mol. The van der Waals surface area contributed by atoms with Crippen LogP contribution in [0.15, 0.2) is 18.2 Å². The molecule has 0 aromatic heterocycles. The Hall–Kier alpha value is -1.34. The highest BCUT2D eigenvalue weighted by molar-refractivity contribution is 5.43. The van der Waals surface area contributed by atoms with Gasteiger partial charge in [-0.25, -0.2) is 0 Å². The molecule has 1 heterocycles. The van der Waals surface area contributed by atoms with Gasteiger partial charge < -0.3 is 24.4 Å². The van der Waals surface area contributed by atoms with Gasteiger partial charge in [-0.3, -0.25) is 4.90 Å². The summed E-state index contributed by atoms with van der Waals surface area (Å²) in [6.07, 6.45) is -0.501. The number of hydrogen-bond donors (Lipinski definition) is 1. The highest BCUT2D eigenvalue weighted by Crippen LogP contribution is 2.28. The fourth-order valence-electron chi connectivity index (χ4n) is 3.12. The molecule has 1 saturated heterocycles. The molecular weight excluding hydrogens is 318 g/mol. The molecule has 0 unspecified atom stereocenters. The summed E-state index contributed by atoms with van der Waals surface area (Å²) in [4.78, 5) is 6.84. The molecule has 0 spiro atoms. The van der Waals surface area contributed by atoms with Crippen LogP contribution in [0.25, 0.3) is 0 Å². The van der Waals surface area contributed by atoms with E-state index in [1.807, 2.05) is 32.3 Å². The Labute approximate surface area is 151 Å². The van der Waals surface area contributed by atoms with Crippen molar-refractivity contribution in [3.63, 3.8) is 0 Å². The van der Waals surface area contributed by atoms with E-state index in [1.165, 1.54) is 5.56 Å². The summed E-state index contributed by atoms with van der Waals surface area (Å²) in [6.45, 7) is 9.23. The number of β-amino-alcohol motifs (C(OH)–C–C–N with tert-alkyl or cyclic N) is 1. The molecule has 0 amide bonds. The third-order valence-corrected chi connectivity index (χ3v) is 4.54. The number of hydrogen-bond acceptors (Lipinski definition) is 6. The van der Waals surface area contributed by atoms with E-state index in [0.29, 0.717) is 18.0 Å². The summed E-state index contributed by atoms with van der Waals surface area (Å²) in [5, 5.41) is 10.3. The number of methoxy groups -OCH3 is 1. The van der Waals surface area contributed by atoms with Crippen LogP contribution in [0, 0.1) is 0 Å². The molecule has 25 heavy (non-hydrogen) atoms. The first-order valence-corrected chi connectivity index (χ1v) is 9.09. The van der Waals surface area contributed by atoms with Crippen LogP contribution >= 0.6 is 0 Å². The molecule has 0 bridgehead atoms. The number of aliphatic hydroxyl groups excluding tert-OH is 1. The number of rotatable bonds is 9. The lowest BCUT2D eigenvalue weighted by Gasteiger charge is -2.34. The zero-order valence-corrected chi connectivity index (χ0v) is 16.1. The Morgan fingerprint density at radius 2 is 1.80 bits per heavy atom. The number of ether oxygens (including phenoxy) is 2. The Morgan fingerprint density at radius 1 is 1.12 bits per heavy atom. The van der Waals surface area contributed by atoms with Crippen molar-refractivity contribution in [3.05, 3.63) is 23.8 Å². The van der Waals surface area contributed by atoms with Crippen molar-refractivity contribution < 1.29 is 14.6 Å². The average Bonchev–Trinajstić information content (AvgIpc) is 2.60.